The van der Waals surface area contributed by atoms with Crippen LogP contribution in [0, 0.1) is 5.92 Å². The van der Waals surface area contributed by atoms with Gasteiger partial charge < -0.3 is 15.1 Å². The third kappa shape index (κ3) is 4.95. The molecule has 2 saturated heterocycles. The van der Waals surface area contributed by atoms with E-state index in [2.05, 4.69) is 10.4 Å². The van der Waals surface area contributed by atoms with E-state index in [-0.39, 0.29) is 23.6 Å². The molecule has 3 amide bonds. The number of nitrogens with zero attached hydrogens (tertiary/aromatic N) is 4. The van der Waals surface area contributed by atoms with E-state index < -0.39 is 0 Å². The molecule has 8 heteroatoms. The number of likely N-dealkylation sites (tertiary alicyclic amines) is 1. The Bertz CT molecular complexity index is 962. The van der Waals surface area contributed by atoms with Gasteiger partial charge in [-0.05, 0) is 50.3 Å². The summed E-state index contributed by atoms with van der Waals surface area (Å²) in [6, 6.07) is 9.15. The van der Waals surface area contributed by atoms with Crippen LogP contribution in [-0.4, -0.2) is 52.0 Å². The van der Waals surface area contributed by atoms with Crippen molar-refractivity contribution in [2.75, 3.05) is 29.9 Å². The summed E-state index contributed by atoms with van der Waals surface area (Å²) in [5.41, 5.74) is 1.41. The highest BCUT2D eigenvalue weighted by molar-refractivity contribution is 5.99. The zero-order valence-corrected chi connectivity index (χ0v) is 17.9. The minimum atomic E-state index is -0.0332. The highest BCUT2D eigenvalue weighted by Gasteiger charge is 2.27. The third-order valence-electron chi connectivity index (χ3n) is 6.09. The largest absolute Gasteiger partial charge is 0.339 e. The van der Waals surface area contributed by atoms with Crippen molar-refractivity contribution in [3.8, 4) is 0 Å². The Hall–Kier alpha value is -3.16. The van der Waals surface area contributed by atoms with Gasteiger partial charge in [0.2, 0.25) is 11.8 Å². The van der Waals surface area contributed by atoms with Crippen molar-refractivity contribution in [1.29, 1.82) is 0 Å². The molecule has 0 spiro atoms. The number of carbonyl (C=O) groups excluding carboxylic acids is 3. The number of piperidine rings is 1. The molecule has 3 heterocycles. The maximum Gasteiger partial charge on any atom is 0.253 e. The van der Waals surface area contributed by atoms with Gasteiger partial charge in [-0.2, -0.15) is 5.10 Å². The molecule has 0 unspecified atom stereocenters. The minimum Gasteiger partial charge on any atom is -0.339 e. The molecule has 1 N–H and O–H groups in total. The summed E-state index contributed by atoms with van der Waals surface area (Å²) >= 11 is 0. The van der Waals surface area contributed by atoms with Crippen LogP contribution in [0.3, 0.4) is 0 Å². The Morgan fingerprint density at radius 1 is 1.16 bits per heavy atom. The van der Waals surface area contributed by atoms with Gasteiger partial charge >= 0.3 is 0 Å². The number of carbonyl (C=O) groups is 3. The fourth-order valence-electron chi connectivity index (χ4n) is 4.31. The smallest absolute Gasteiger partial charge is 0.253 e. The zero-order chi connectivity index (χ0) is 21.8. The van der Waals surface area contributed by atoms with E-state index in [1.54, 1.807) is 21.7 Å². The normalized spacial score (nSPS) is 17.3. The monoisotopic (exact) mass is 423 g/mol. The summed E-state index contributed by atoms with van der Waals surface area (Å²) in [7, 11) is 0. The van der Waals surface area contributed by atoms with Crippen LogP contribution in [0.1, 0.15) is 49.4 Å². The SMILES string of the molecule is CCn1ccc(NC(=O)CC2CCN(C(=O)c3cccc(N4CCCC4=O)c3)CC2)n1. The Balaban J connectivity index is 1.29. The summed E-state index contributed by atoms with van der Waals surface area (Å²) in [5.74, 6) is 0.905. The number of aryl methyl sites for hydroxylation is 1. The van der Waals surface area contributed by atoms with Crippen LogP contribution in [0.5, 0.6) is 0 Å². The van der Waals surface area contributed by atoms with Gasteiger partial charge in [0.25, 0.3) is 5.91 Å². The maximum absolute atomic E-state index is 13.0. The van der Waals surface area contributed by atoms with E-state index >= 15 is 0 Å². The van der Waals surface area contributed by atoms with Gasteiger partial charge in [-0.25, -0.2) is 0 Å². The lowest BCUT2D eigenvalue weighted by molar-refractivity contribution is -0.118. The lowest BCUT2D eigenvalue weighted by Crippen LogP contribution is -2.39. The molecule has 2 aliphatic heterocycles. The first-order valence-corrected chi connectivity index (χ1v) is 11.1. The summed E-state index contributed by atoms with van der Waals surface area (Å²) in [4.78, 5) is 40.9. The van der Waals surface area contributed by atoms with Crippen molar-refractivity contribution in [3.05, 3.63) is 42.1 Å². The number of nitrogens with one attached hydrogen (secondary N) is 1. The van der Waals surface area contributed by atoms with Crippen molar-refractivity contribution in [2.45, 2.75) is 45.6 Å². The van der Waals surface area contributed by atoms with E-state index in [1.165, 1.54) is 0 Å². The van der Waals surface area contributed by atoms with Gasteiger partial charge in [-0.3, -0.25) is 19.1 Å². The average molecular weight is 424 g/mol. The average Bonchev–Trinajstić information content (AvgIpc) is 3.42. The number of aromatic nitrogens is 2. The van der Waals surface area contributed by atoms with Crippen molar-refractivity contribution in [2.24, 2.45) is 5.92 Å². The highest BCUT2D eigenvalue weighted by atomic mass is 16.2. The highest BCUT2D eigenvalue weighted by Crippen LogP contribution is 2.25. The maximum atomic E-state index is 13.0. The summed E-state index contributed by atoms with van der Waals surface area (Å²) in [6.07, 6.45) is 5.31. The Morgan fingerprint density at radius 2 is 1.97 bits per heavy atom. The molecule has 1 aromatic carbocycles. The van der Waals surface area contributed by atoms with Crippen LogP contribution in [0.4, 0.5) is 11.5 Å². The molecular weight excluding hydrogens is 394 g/mol. The first-order chi connectivity index (χ1) is 15.0. The molecule has 1 aromatic heterocycles. The fourth-order valence-corrected chi connectivity index (χ4v) is 4.31. The molecule has 0 saturated carbocycles. The number of benzene rings is 1. The van der Waals surface area contributed by atoms with Gasteiger partial charge in [0.05, 0.1) is 0 Å². The van der Waals surface area contributed by atoms with Crippen LogP contribution in [-0.2, 0) is 16.1 Å². The lowest BCUT2D eigenvalue weighted by atomic mass is 9.93. The zero-order valence-electron chi connectivity index (χ0n) is 17.9. The molecule has 2 fully saturated rings. The topological polar surface area (TPSA) is 87.5 Å². The summed E-state index contributed by atoms with van der Waals surface area (Å²) in [5, 5.41) is 7.13. The van der Waals surface area contributed by atoms with Crippen LogP contribution in [0.2, 0.25) is 0 Å². The van der Waals surface area contributed by atoms with Crippen LogP contribution < -0.4 is 10.2 Å². The van der Waals surface area contributed by atoms with Gasteiger partial charge in [0.15, 0.2) is 5.82 Å². The van der Waals surface area contributed by atoms with Crippen LogP contribution in [0.25, 0.3) is 0 Å². The molecule has 0 radical (unpaired) electrons. The number of hydrogen-bond donors (Lipinski definition) is 1. The molecule has 4 rings (SSSR count). The van der Waals surface area contributed by atoms with Gasteiger partial charge in [-0.1, -0.05) is 6.07 Å². The molecule has 8 nitrogen and oxygen atoms in total. The number of anilines is 2. The number of amides is 3. The van der Waals surface area contributed by atoms with Crippen molar-refractivity contribution < 1.29 is 14.4 Å². The summed E-state index contributed by atoms with van der Waals surface area (Å²) < 4.78 is 1.77. The fraction of sp³-hybridized carbons (Fsp3) is 0.478. The molecule has 31 heavy (non-hydrogen) atoms. The predicted molar refractivity (Wildman–Crippen MR) is 118 cm³/mol. The Labute approximate surface area is 182 Å². The second-order valence-electron chi connectivity index (χ2n) is 8.24. The second kappa shape index (κ2) is 9.32. The first kappa shape index (κ1) is 21.1. The predicted octanol–water partition coefficient (Wildman–Crippen LogP) is 2.91. The van der Waals surface area contributed by atoms with Gasteiger partial charge in [0.1, 0.15) is 0 Å². The number of rotatable bonds is 6. The van der Waals surface area contributed by atoms with Crippen LogP contribution in [0.15, 0.2) is 36.5 Å². The van der Waals surface area contributed by atoms with Crippen molar-refractivity contribution in [3.63, 3.8) is 0 Å². The molecule has 2 aromatic rings. The quantitative estimate of drug-likeness (QED) is 0.774. The third-order valence-corrected chi connectivity index (χ3v) is 6.09. The first-order valence-electron chi connectivity index (χ1n) is 11.1. The van der Waals surface area contributed by atoms with E-state index in [0.29, 0.717) is 43.9 Å². The second-order valence-corrected chi connectivity index (χ2v) is 8.24. The lowest BCUT2D eigenvalue weighted by Gasteiger charge is -2.32. The molecular formula is C23H29N5O3. The van der Waals surface area contributed by atoms with Crippen molar-refractivity contribution >= 4 is 29.2 Å². The minimum absolute atomic E-state index is 0.0125. The van der Waals surface area contributed by atoms with E-state index in [4.69, 9.17) is 0 Å². The van der Waals surface area contributed by atoms with Crippen molar-refractivity contribution in [1.82, 2.24) is 14.7 Å². The standard InChI is InChI=1S/C23H29N5O3/c1-2-27-14-10-20(25-27)24-21(29)15-17-8-12-26(13-9-17)23(31)18-5-3-6-19(16-18)28-11-4-7-22(28)30/h3,5-6,10,14,16-17H,2,4,7-9,11-13,15H2,1H3,(H,24,25,29). The van der Waals surface area contributed by atoms with E-state index in [0.717, 1.165) is 31.5 Å². The molecule has 164 valence electrons. The van der Waals surface area contributed by atoms with Gasteiger partial charge in [0, 0.05) is 62.5 Å². The molecule has 0 atom stereocenters. The molecule has 0 bridgehead atoms. The summed E-state index contributed by atoms with van der Waals surface area (Å²) in [6.45, 7) is 4.74. The number of hydrogen-bond acceptors (Lipinski definition) is 4. The molecule has 2 aliphatic rings. The Morgan fingerprint density at radius 3 is 2.65 bits per heavy atom. The van der Waals surface area contributed by atoms with E-state index in [9.17, 15) is 14.4 Å². The van der Waals surface area contributed by atoms with Gasteiger partial charge in [-0.15, -0.1) is 0 Å². The Kier molecular flexibility index (Phi) is 6.34. The van der Waals surface area contributed by atoms with Crippen LogP contribution >= 0.6 is 0 Å². The van der Waals surface area contributed by atoms with E-state index in [1.807, 2.05) is 36.2 Å². The molecule has 0 aliphatic carbocycles.